The molecule has 1 saturated heterocycles. The minimum atomic E-state index is -0.330. The van der Waals surface area contributed by atoms with Gasteiger partial charge in [-0.2, -0.15) is 0 Å². The van der Waals surface area contributed by atoms with E-state index in [4.69, 9.17) is 4.74 Å². The van der Waals surface area contributed by atoms with Crippen LogP contribution in [0.25, 0.3) is 0 Å². The summed E-state index contributed by atoms with van der Waals surface area (Å²) in [6, 6.07) is 7.93. The summed E-state index contributed by atoms with van der Waals surface area (Å²) >= 11 is 1.71. The first kappa shape index (κ1) is 13.8. The van der Waals surface area contributed by atoms with Crippen LogP contribution < -0.4 is 10.1 Å². The Labute approximate surface area is 123 Å². The van der Waals surface area contributed by atoms with Crippen molar-refractivity contribution in [2.24, 2.45) is 5.92 Å². The summed E-state index contributed by atoms with van der Waals surface area (Å²) in [5.74, 6) is 2.27. The molecular formula is C15H20N2O2S. The first-order valence-electron chi connectivity index (χ1n) is 7.10. The number of rotatable bonds is 3. The summed E-state index contributed by atoms with van der Waals surface area (Å²) < 4.78 is 5.87. The fourth-order valence-electron chi connectivity index (χ4n) is 2.83. The summed E-state index contributed by atoms with van der Waals surface area (Å²) in [4.78, 5) is 15.6. The van der Waals surface area contributed by atoms with Crippen molar-refractivity contribution >= 4 is 17.7 Å². The van der Waals surface area contributed by atoms with Crippen LogP contribution in [0.15, 0.2) is 29.2 Å². The summed E-state index contributed by atoms with van der Waals surface area (Å²) in [7, 11) is 1.96. The minimum absolute atomic E-state index is 0.144. The van der Waals surface area contributed by atoms with Gasteiger partial charge in [0.1, 0.15) is 5.75 Å². The monoisotopic (exact) mass is 292 g/mol. The Morgan fingerprint density at radius 1 is 1.50 bits per heavy atom. The third-order valence-electron chi connectivity index (χ3n) is 3.87. The highest BCUT2D eigenvalue weighted by molar-refractivity contribution is 7.99. The second kappa shape index (κ2) is 6.06. The van der Waals surface area contributed by atoms with Gasteiger partial charge in [0.25, 0.3) is 5.91 Å². The van der Waals surface area contributed by atoms with E-state index in [0.29, 0.717) is 11.7 Å². The lowest BCUT2D eigenvalue weighted by atomic mass is 10.1. The Bertz CT molecular complexity index is 495. The Hall–Kier alpha value is -1.20. The molecule has 1 amide bonds. The van der Waals surface area contributed by atoms with Gasteiger partial charge in [0.05, 0.1) is 0 Å². The summed E-state index contributed by atoms with van der Waals surface area (Å²) in [6.45, 7) is 2.69. The number of thioether (sulfide) groups is 1. The molecule has 0 saturated carbocycles. The molecule has 1 N–H and O–H groups in total. The van der Waals surface area contributed by atoms with Crippen molar-refractivity contribution in [3.63, 3.8) is 0 Å². The highest BCUT2D eigenvalue weighted by atomic mass is 32.2. The zero-order chi connectivity index (χ0) is 13.9. The maximum absolute atomic E-state index is 12.5. The molecule has 2 aliphatic rings. The maximum Gasteiger partial charge on any atom is 0.264 e. The predicted molar refractivity (Wildman–Crippen MR) is 80.2 cm³/mol. The number of carbonyl (C=O) groups excluding carboxylic acids is 1. The van der Waals surface area contributed by atoms with Crippen LogP contribution in [0.4, 0.5) is 0 Å². The van der Waals surface area contributed by atoms with E-state index in [1.54, 1.807) is 11.8 Å². The normalized spacial score (nSPS) is 25.1. The van der Waals surface area contributed by atoms with Crippen molar-refractivity contribution in [3.05, 3.63) is 24.3 Å². The van der Waals surface area contributed by atoms with Crippen molar-refractivity contribution in [1.82, 2.24) is 10.2 Å². The van der Waals surface area contributed by atoms with E-state index in [1.807, 2.05) is 36.2 Å². The number of nitrogens with one attached hydrogen (secondary N) is 1. The smallest absolute Gasteiger partial charge is 0.264 e. The average Bonchev–Trinajstić information content (AvgIpc) is 2.95. The van der Waals surface area contributed by atoms with E-state index in [-0.39, 0.29) is 12.0 Å². The molecule has 2 aliphatic heterocycles. The number of hydrogen-bond acceptors (Lipinski definition) is 4. The fourth-order valence-corrected chi connectivity index (χ4v) is 3.81. The van der Waals surface area contributed by atoms with E-state index in [2.05, 4.69) is 5.32 Å². The number of carbonyl (C=O) groups is 1. The maximum atomic E-state index is 12.5. The summed E-state index contributed by atoms with van der Waals surface area (Å²) in [6.07, 6.45) is 0.756. The lowest BCUT2D eigenvalue weighted by Gasteiger charge is -2.28. The number of hydrogen-bond donors (Lipinski definition) is 1. The molecule has 1 aromatic rings. The predicted octanol–water partition coefficient (Wildman–Crippen LogP) is 1.61. The highest BCUT2D eigenvalue weighted by Crippen LogP contribution is 2.35. The SMILES string of the molecule is CNC[C@@H]1CCN(C(=O)[C@H]2CSc3ccccc3O2)C1. The lowest BCUT2D eigenvalue weighted by molar-refractivity contribution is -0.136. The molecule has 3 rings (SSSR count). The molecule has 2 heterocycles. The number of amides is 1. The number of fused-ring (bicyclic) bond motifs is 1. The molecule has 2 atom stereocenters. The Kier molecular flexibility index (Phi) is 4.17. The Balaban J connectivity index is 1.62. The van der Waals surface area contributed by atoms with Gasteiger partial charge in [0, 0.05) is 23.7 Å². The molecule has 1 aromatic carbocycles. The largest absolute Gasteiger partial charge is 0.479 e. The van der Waals surface area contributed by atoms with Gasteiger partial charge in [-0.15, -0.1) is 11.8 Å². The van der Waals surface area contributed by atoms with Gasteiger partial charge in [-0.05, 0) is 38.1 Å². The van der Waals surface area contributed by atoms with E-state index >= 15 is 0 Å². The Morgan fingerprint density at radius 2 is 2.35 bits per heavy atom. The van der Waals surface area contributed by atoms with Crippen molar-refractivity contribution in [2.45, 2.75) is 17.4 Å². The van der Waals surface area contributed by atoms with Crippen molar-refractivity contribution in [2.75, 3.05) is 32.4 Å². The van der Waals surface area contributed by atoms with Crippen molar-refractivity contribution < 1.29 is 9.53 Å². The first-order valence-corrected chi connectivity index (χ1v) is 8.08. The van der Waals surface area contributed by atoms with Crippen LogP contribution in [0.5, 0.6) is 5.75 Å². The number of benzene rings is 1. The third-order valence-corrected chi connectivity index (χ3v) is 4.99. The van der Waals surface area contributed by atoms with E-state index in [1.165, 1.54) is 0 Å². The number of ether oxygens (including phenoxy) is 1. The summed E-state index contributed by atoms with van der Waals surface area (Å²) in [5, 5.41) is 3.19. The first-order chi connectivity index (χ1) is 9.78. The van der Waals surface area contributed by atoms with E-state index in [0.717, 1.165) is 36.7 Å². The highest BCUT2D eigenvalue weighted by Gasteiger charge is 2.33. The molecule has 0 unspecified atom stereocenters. The van der Waals surface area contributed by atoms with Crippen LogP contribution in [-0.4, -0.2) is 49.3 Å². The molecule has 108 valence electrons. The minimum Gasteiger partial charge on any atom is -0.479 e. The van der Waals surface area contributed by atoms with Crippen LogP contribution in [0.2, 0.25) is 0 Å². The summed E-state index contributed by atoms with van der Waals surface area (Å²) in [5.41, 5.74) is 0. The van der Waals surface area contributed by atoms with Crippen LogP contribution in [0.3, 0.4) is 0 Å². The number of likely N-dealkylation sites (tertiary alicyclic amines) is 1. The molecule has 0 radical (unpaired) electrons. The van der Waals surface area contributed by atoms with Crippen LogP contribution in [0, 0.1) is 5.92 Å². The van der Waals surface area contributed by atoms with Gasteiger partial charge in [-0.25, -0.2) is 0 Å². The standard InChI is InChI=1S/C15H20N2O2S/c1-16-8-11-6-7-17(9-11)15(18)13-10-20-14-5-3-2-4-12(14)19-13/h2-5,11,13,16H,6-10H2,1H3/t11-,13+/m0/s1. The van der Waals surface area contributed by atoms with Crippen molar-refractivity contribution in [3.8, 4) is 5.75 Å². The second-order valence-corrected chi connectivity index (χ2v) is 6.42. The van der Waals surface area contributed by atoms with Gasteiger partial charge >= 0.3 is 0 Å². The zero-order valence-corrected chi connectivity index (χ0v) is 12.5. The Morgan fingerprint density at radius 3 is 3.20 bits per heavy atom. The van der Waals surface area contributed by atoms with Gasteiger partial charge in [-0.1, -0.05) is 12.1 Å². The van der Waals surface area contributed by atoms with Gasteiger partial charge < -0.3 is 15.0 Å². The number of para-hydroxylation sites is 1. The van der Waals surface area contributed by atoms with E-state index < -0.39 is 0 Å². The molecule has 1 fully saturated rings. The van der Waals surface area contributed by atoms with Gasteiger partial charge in [0.15, 0.2) is 6.10 Å². The van der Waals surface area contributed by atoms with Crippen LogP contribution in [0.1, 0.15) is 6.42 Å². The lowest BCUT2D eigenvalue weighted by Crippen LogP contribution is -2.43. The average molecular weight is 292 g/mol. The molecule has 0 aliphatic carbocycles. The quantitative estimate of drug-likeness (QED) is 0.919. The molecule has 5 heteroatoms. The number of nitrogens with zero attached hydrogens (tertiary/aromatic N) is 1. The molecule has 4 nitrogen and oxygen atoms in total. The third kappa shape index (κ3) is 2.79. The molecule has 20 heavy (non-hydrogen) atoms. The molecular weight excluding hydrogens is 272 g/mol. The van der Waals surface area contributed by atoms with Crippen LogP contribution >= 0.6 is 11.8 Å². The molecule has 0 bridgehead atoms. The fraction of sp³-hybridized carbons (Fsp3) is 0.533. The second-order valence-electron chi connectivity index (χ2n) is 5.36. The van der Waals surface area contributed by atoms with Crippen LogP contribution in [-0.2, 0) is 4.79 Å². The van der Waals surface area contributed by atoms with Gasteiger partial charge in [0.2, 0.25) is 0 Å². The van der Waals surface area contributed by atoms with E-state index in [9.17, 15) is 4.79 Å². The molecule has 0 spiro atoms. The molecule has 0 aromatic heterocycles. The zero-order valence-electron chi connectivity index (χ0n) is 11.7. The topological polar surface area (TPSA) is 41.6 Å². The van der Waals surface area contributed by atoms with Gasteiger partial charge in [-0.3, -0.25) is 4.79 Å². The van der Waals surface area contributed by atoms with Crippen molar-refractivity contribution in [1.29, 1.82) is 0 Å².